The minimum atomic E-state index is 0.871. The summed E-state index contributed by atoms with van der Waals surface area (Å²) in [5, 5.41) is 3.33. The van der Waals surface area contributed by atoms with Gasteiger partial charge in [-0.3, -0.25) is 0 Å². The van der Waals surface area contributed by atoms with E-state index in [1.54, 1.807) is 11.3 Å². The van der Waals surface area contributed by atoms with E-state index < -0.39 is 0 Å². The molecule has 1 saturated heterocycles. The van der Waals surface area contributed by atoms with Gasteiger partial charge < -0.3 is 10.2 Å². The summed E-state index contributed by atoms with van der Waals surface area (Å²) in [6.45, 7) is 4.14. The van der Waals surface area contributed by atoms with Crippen LogP contribution >= 0.6 is 11.3 Å². The smallest absolute Gasteiger partial charge is 0.172 e. The van der Waals surface area contributed by atoms with Gasteiger partial charge >= 0.3 is 0 Å². The van der Waals surface area contributed by atoms with Crippen LogP contribution in [-0.2, 0) is 0 Å². The second-order valence-corrected chi connectivity index (χ2v) is 4.47. The molecule has 78 valence electrons. The quantitative estimate of drug-likeness (QED) is 0.781. The molecule has 0 radical (unpaired) electrons. The summed E-state index contributed by atoms with van der Waals surface area (Å²) in [7, 11) is 0. The fraction of sp³-hybridized carbons (Fsp3) is 0.400. The first-order chi connectivity index (χ1) is 7.43. The fourth-order valence-corrected chi connectivity index (χ4v) is 2.43. The van der Waals surface area contributed by atoms with Crippen LogP contribution in [0.15, 0.2) is 17.6 Å². The number of rotatable bonds is 1. The first-order valence-electron chi connectivity index (χ1n) is 5.09. The Morgan fingerprint density at radius 3 is 3.00 bits per heavy atom. The molecule has 0 unspecified atom stereocenters. The average Bonchev–Trinajstić information content (AvgIpc) is 2.77. The number of anilines is 1. The van der Waals surface area contributed by atoms with Gasteiger partial charge in [-0.2, -0.15) is 0 Å². The van der Waals surface area contributed by atoms with E-state index in [1.165, 1.54) is 0 Å². The Balaban J connectivity index is 1.95. The largest absolute Gasteiger partial charge is 0.354 e. The molecule has 0 spiro atoms. The molecule has 0 atom stereocenters. The van der Waals surface area contributed by atoms with E-state index in [1.807, 2.05) is 5.51 Å². The van der Waals surface area contributed by atoms with Crippen molar-refractivity contribution in [1.82, 2.24) is 15.3 Å². The van der Waals surface area contributed by atoms with Gasteiger partial charge in [0.15, 0.2) is 5.65 Å². The molecule has 2 aromatic heterocycles. The van der Waals surface area contributed by atoms with Crippen molar-refractivity contribution in [3.63, 3.8) is 0 Å². The molecule has 1 aliphatic heterocycles. The summed E-state index contributed by atoms with van der Waals surface area (Å²) < 4.78 is 1.16. The molecule has 1 fully saturated rings. The standard InChI is InChI=1S/C10H12N4S/c1-2-9(14-5-3-11-4-6-14)13-10-8(1)15-7-12-10/h1-2,7,11H,3-6H2. The number of hydrogen-bond acceptors (Lipinski definition) is 5. The topological polar surface area (TPSA) is 41.1 Å². The second-order valence-electron chi connectivity index (χ2n) is 3.58. The van der Waals surface area contributed by atoms with Crippen LogP contribution in [0, 0.1) is 0 Å². The monoisotopic (exact) mass is 220 g/mol. The van der Waals surface area contributed by atoms with Crippen molar-refractivity contribution in [2.75, 3.05) is 31.1 Å². The molecule has 0 amide bonds. The lowest BCUT2D eigenvalue weighted by Gasteiger charge is -2.28. The van der Waals surface area contributed by atoms with Gasteiger partial charge in [-0.05, 0) is 12.1 Å². The third kappa shape index (κ3) is 1.68. The van der Waals surface area contributed by atoms with Crippen molar-refractivity contribution in [2.24, 2.45) is 0 Å². The first-order valence-corrected chi connectivity index (χ1v) is 5.97. The third-order valence-corrected chi connectivity index (χ3v) is 3.40. The van der Waals surface area contributed by atoms with E-state index in [-0.39, 0.29) is 0 Å². The van der Waals surface area contributed by atoms with E-state index in [4.69, 9.17) is 0 Å². The number of nitrogens with zero attached hydrogens (tertiary/aromatic N) is 3. The van der Waals surface area contributed by atoms with Gasteiger partial charge in [0.1, 0.15) is 5.82 Å². The molecule has 1 N–H and O–H groups in total. The van der Waals surface area contributed by atoms with E-state index in [9.17, 15) is 0 Å². The normalized spacial score (nSPS) is 17.2. The predicted octanol–water partition coefficient (Wildman–Crippen LogP) is 1.10. The predicted molar refractivity (Wildman–Crippen MR) is 62.5 cm³/mol. The van der Waals surface area contributed by atoms with Gasteiger partial charge in [0.2, 0.25) is 0 Å². The Morgan fingerprint density at radius 1 is 1.27 bits per heavy atom. The molecular weight excluding hydrogens is 208 g/mol. The Morgan fingerprint density at radius 2 is 2.13 bits per heavy atom. The van der Waals surface area contributed by atoms with E-state index >= 15 is 0 Å². The van der Waals surface area contributed by atoms with Crippen molar-refractivity contribution >= 4 is 27.5 Å². The van der Waals surface area contributed by atoms with Gasteiger partial charge in [-0.25, -0.2) is 9.97 Å². The summed E-state index contributed by atoms with van der Waals surface area (Å²) >= 11 is 1.64. The Kier molecular flexibility index (Phi) is 2.26. The highest BCUT2D eigenvalue weighted by atomic mass is 32.1. The van der Waals surface area contributed by atoms with Gasteiger partial charge in [0, 0.05) is 26.2 Å². The summed E-state index contributed by atoms with van der Waals surface area (Å²) in [6.07, 6.45) is 0. The Hall–Kier alpha value is -1.20. The fourth-order valence-electron chi connectivity index (χ4n) is 1.81. The van der Waals surface area contributed by atoms with Gasteiger partial charge in [0.05, 0.1) is 10.2 Å². The molecule has 5 heteroatoms. The van der Waals surface area contributed by atoms with Crippen LogP contribution in [0.2, 0.25) is 0 Å². The lowest BCUT2D eigenvalue weighted by atomic mass is 10.3. The zero-order valence-electron chi connectivity index (χ0n) is 8.31. The Bertz CT molecular complexity index is 461. The van der Waals surface area contributed by atoms with Crippen LogP contribution in [0.1, 0.15) is 0 Å². The molecular formula is C10H12N4S. The van der Waals surface area contributed by atoms with Gasteiger partial charge in [-0.1, -0.05) is 0 Å². The summed E-state index contributed by atoms with van der Waals surface area (Å²) in [5.74, 6) is 1.05. The molecule has 3 heterocycles. The van der Waals surface area contributed by atoms with Crippen LogP contribution < -0.4 is 10.2 Å². The van der Waals surface area contributed by atoms with E-state index in [0.29, 0.717) is 0 Å². The molecule has 2 aromatic rings. The summed E-state index contributed by atoms with van der Waals surface area (Å²) in [4.78, 5) is 11.1. The van der Waals surface area contributed by atoms with Gasteiger partial charge in [-0.15, -0.1) is 11.3 Å². The van der Waals surface area contributed by atoms with Crippen molar-refractivity contribution in [2.45, 2.75) is 0 Å². The van der Waals surface area contributed by atoms with Crippen LogP contribution in [0.5, 0.6) is 0 Å². The summed E-state index contributed by atoms with van der Waals surface area (Å²) in [5.41, 5.74) is 2.72. The number of thiazole rings is 1. The molecule has 0 bridgehead atoms. The number of hydrogen-bond donors (Lipinski definition) is 1. The third-order valence-electron chi connectivity index (χ3n) is 2.62. The van der Waals surface area contributed by atoms with Crippen LogP contribution in [0.3, 0.4) is 0 Å². The molecule has 15 heavy (non-hydrogen) atoms. The molecule has 1 aliphatic rings. The van der Waals surface area contributed by atoms with Crippen molar-refractivity contribution in [3.8, 4) is 0 Å². The lowest BCUT2D eigenvalue weighted by molar-refractivity contribution is 0.585. The number of pyridine rings is 1. The van der Waals surface area contributed by atoms with Crippen molar-refractivity contribution in [3.05, 3.63) is 17.6 Å². The number of fused-ring (bicyclic) bond motifs is 1. The summed E-state index contributed by atoms with van der Waals surface area (Å²) in [6, 6.07) is 4.20. The number of aromatic nitrogens is 2. The zero-order valence-corrected chi connectivity index (χ0v) is 9.13. The number of nitrogens with one attached hydrogen (secondary N) is 1. The number of piperazine rings is 1. The molecule has 0 saturated carbocycles. The van der Waals surface area contributed by atoms with Crippen molar-refractivity contribution < 1.29 is 0 Å². The highest BCUT2D eigenvalue weighted by Gasteiger charge is 2.12. The average molecular weight is 220 g/mol. The minimum absolute atomic E-state index is 0.871. The maximum Gasteiger partial charge on any atom is 0.172 e. The van der Waals surface area contributed by atoms with Gasteiger partial charge in [0.25, 0.3) is 0 Å². The molecule has 3 rings (SSSR count). The molecule has 4 nitrogen and oxygen atoms in total. The van der Waals surface area contributed by atoms with E-state index in [0.717, 1.165) is 42.3 Å². The zero-order chi connectivity index (χ0) is 10.1. The minimum Gasteiger partial charge on any atom is -0.354 e. The maximum absolute atomic E-state index is 4.56. The maximum atomic E-state index is 4.56. The molecule has 0 aliphatic carbocycles. The van der Waals surface area contributed by atoms with E-state index in [2.05, 4.69) is 32.3 Å². The van der Waals surface area contributed by atoms with Crippen LogP contribution in [0.25, 0.3) is 10.3 Å². The second kappa shape index (κ2) is 3.75. The van der Waals surface area contributed by atoms with Crippen LogP contribution in [0.4, 0.5) is 5.82 Å². The van der Waals surface area contributed by atoms with Crippen molar-refractivity contribution in [1.29, 1.82) is 0 Å². The molecule has 0 aromatic carbocycles. The highest BCUT2D eigenvalue weighted by Crippen LogP contribution is 2.20. The highest BCUT2D eigenvalue weighted by molar-refractivity contribution is 7.16. The first kappa shape index (κ1) is 9.06. The lowest BCUT2D eigenvalue weighted by Crippen LogP contribution is -2.43. The SMILES string of the molecule is c1nc2nc(N3CCNCC3)ccc2s1. The Labute approximate surface area is 92.0 Å². The van der Waals surface area contributed by atoms with Crippen LogP contribution in [-0.4, -0.2) is 36.1 Å².